The Balaban J connectivity index is 0.00000180. The summed E-state index contributed by atoms with van der Waals surface area (Å²) in [5.41, 5.74) is 0. The number of hydrogen-bond acceptors (Lipinski definition) is 3. The summed E-state index contributed by atoms with van der Waals surface area (Å²) in [4.78, 5) is 14.2. The monoisotopic (exact) mass is 333 g/mol. The molecule has 0 bridgehead atoms. The van der Waals surface area contributed by atoms with Gasteiger partial charge >= 0.3 is 0 Å². The van der Waals surface area contributed by atoms with E-state index in [0.717, 1.165) is 32.5 Å². The van der Waals surface area contributed by atoms with Gasteiger partial charge in [-0.15, -0.1) is 24.8 Å². The van der Waals surface area contributed by atoms with E-state index in [4.69, 9.17) is 0 Å². The maximum Gasteiger partial charge on any atom is 0.262 e. The van der Waals surface area contributed by atoms with Crippen molar-refractivity contribution >= 4 is 30.7 Å². The van der Waals surface area contributed by atoms with Crippen molar-refractivity contribution in [3.63, 3.8) is 0 Å². The van der Waals surface area contributed by atoms with Crippen LogP contribution in [0.15, 0.2) is 0 Å². The highest BCUT2D eigenvalue weighted by atomic mass is 35.5. The van der Waals surface area contributed by atoms with Gasteiger partial charge in [0.1, 0.15) is 0 Å². The van der Waals surface area contributed by atoms with Crippen LogP contribution in [0, 0.1) is 0 Å². The second-order valence-electron chi connectivity index (χ2n) is 5.21. The molecule has 4 nitrogen and oxygen atoms in total. The van der Waals surface area contributed by atoms with Gasteiger partial charge < -0.3 is 10.2 Å². The number of carbonyl (C=O) groups is 1. The van der Waals surface area contributed by atoms with Gasteiger partial charge in [0.25, 0.3) is 5.92 Å². The largest absolute Gasteiger partial charge is 0.352 e. The molecule has 0 aliphatic carbocycles. The molecule has 1 unspecified atom stereocenters. The Morgan fingerprint density at radius 1 is 1.35 bits per heavy atom. The predicted molar refractivity (Wildman–Crippen MR) is 79.1 cm³/mol. The number of halogens is 4. The third-order valence-electron chi connectivity index (χ3n) is 3.81. The Hall–Kier alpha value is -0.170. The van der Waals surface area contributed by atoms with Crippen molar-refractivity contribution in [2.45, 2.75) is 44.2 Å². The molecule has 2 aliphatic heterocycles. The van der Waals surface area contributed by atoms with Gasteiger partial charge in [-0.3, -0.25) is 10.1 Å². The molecule has 0 aromatic carbocycles. The average molecular weight is 334 g/mol. The van der Waals surface area contributed by atoms with Crippen molar-refractivity contribution < 1.29 is 13.6 Å². The molecule has 0 radical (unpaired) electrons. The van der Waals surface area contributed by atoms with Crippen molar-refractivity contribution in [2.24, 2.45) is 0 Å². The van der Waals surface area contributed by atoms with E-state index >= 15 is 0 Å². The van der Waals surface area contributed by atoms with Gasteiger partial charge in [0.2, 0.25) is 5.91 Å². The first-order valence-corrected chi connectivity index (χ1v) is 6.64. The van der Waals surface area contributed by atoms with Gasteiger partial charge in [0.05, 0.1) is 12.6 Å². The molecule has 0 aromatic rings. The van der Waals surface area contributed by atoms with Crippen LogP contribution >= 0.6 is 24.8 Å². The maximum atomic E-state index is 13.0. The van der Waals surface area contributed by atoms with Crippen LogP contribution in [0.5, 0.6) is 0 Å². The highest BCUT2D eigenvalue weighted by molar-refractivity contribution is 5.85. The van der Waals surface area contributed by atoms with Crippen molar-refractivity contribution in [1.29, 1.82) is 0 Å². The number of nitrogens with one attached hydrogen (secondary N) is 2. The number of amides is 1. The zero-order valence-corrected chi connectivity index (χ0v) is 13.2. The average Bonchev–Trinajstić information content (AvgIpc) is 2.71. The van der Waals surface area contributed by atoms with Crippen molar-refractivity contribution in [3.8, 4) is 0 Å². The van der Waals surface area contributed by atoms with Crippen LogP contribution in [0.2, 0.25) is 0 Å². The van der Waals surface area contributed by atoms with Gasteiger partial charge in [-0.25, -0.2) is 8.78 Å². The first-order valence-electron chi connectivity index (χ1n) is 6.64. The Bertz CT molecular complexity index is 313. The second kappa shape index (κ2) is 8.32. The van der Waals surface area contributed by atoms with Crippen LogP contribution in [0.3, 0.4) is 0 Å². The third-order valence-corrected chi connectivity index (χ3v) is 3.81. The molecule has 120 valence electrons. The summed E-state index contributed by atoms with van der Waals surface area (Å²) in [5, 5.41) is 5.47. The van der Waals surface area contributed by atoms with Crippen LogP contribution < -0.4 is 10.6 Å². The zero-order valence-electron chi connectivity index (χ0n) is 11.5. The Labute approximate surface area is 130 Å². The molecule has 2 heterocycles. The molecule has 20 heavy (non-hydrogen) atoms. The Morgan fingerprint density at radius 3 is 2.40 bits per heavy atom. The van der Waals surface area contributed by atoms with E-state index < -0.39 is 12.0 Å². The summed E-state index contributed by atoms with van der Waals surface area (Å²) in [7, 11) is 0. The number of carbonyl (C=O) groups excluding carboxylic acids is 1. The van der Waals surface area contributed by atoms with E-state index in [1.807, 2.05) is 0 Å². The molecule has 2 N–H and O–H groups in total. The second-order valence-corrected chi connectivity index (χ2v) is 5.21. The van der Waals surface area contributed by atoms with Gasteiger partial charge in [-0.2, -0.15) is 0 Å². The Kier molecular flexibility index (Phi) is 8.25. The zero-order chi connectivity index (χ0) is 13.2. The van der Waals surface area contributed by atoms with E-state index in [-0.39, 0.29) is 49.7 Å². The molecule has 0 aromatic heterocycles. The van der Waals surface area contributed by atoms with Crippen molar-refractivity contribution in [2.75, 3.05) is 26.2 Å². The number of hydrogen-bond donors (Lipinski definition) is 2. The smallest absolute Gasteiger partial charge is 0.262 e. The molecule has 2 aliphatic rings. The highest BCUT2D eigenvalue weighted by Gasteiger charge is 2.42. The fourth-order valence-electron chi connectivity index (χ4n) is 2.60. The van der Waals surface area contributed by atoms with E-state index in [1.54, 1.807) is 0 Å². The lowest BCUT2D eigenvalue weighted by atomic mass is 10.0. The van der Waals surface area contributed by atoms with E-state index in [9.17, 15) is 13.6 Å². The number of likely N-dealkylation sites (tertiary alicyclic amines) is 1. The standard InChI is InChI=1S/C12H21F2N3O.2ClH/c1-2-17-5-3-9(4-6-17)16-11(18)10-7-12(13,14)8-15-10;;/h9-10,15H,2-8H2,1H3,(H,16,18);2*1H. The van der Waals surface area contributed by atoms with Gasteiger partial charge in [0.15, 0.2) is 0 Å². The SMILES string of the molecule is CCN1CCC(NC(=O)C2CC(F)(F)CN2)CC1.Cl.Cl. The summed E-state index contributed by atoms with van der Waals surface area (Å²) >= 11 is 0. The molecule has 8 heteroatoms. The number of alkyl halides is 2. The maximum absolute atomic E-state index is 13.0. The molecule has 0 saturated carbocycles. The molecule has 2 fully saturated rings. The highest BCUT2D eigenvalue weighted by Crippen LogP contribution is 2.25. The first-order chi connectivity index (χ1) is 8.50. The quantitative estimate of drug-likeness (QED) is 0.821. The minimum Gasteiger partial charge on any atom is -0.352 e. The molecular weight excluding hydrogens is 311 g/mol. The van der Waals surface area contributed by atoms with E-state index in [0.29, 0.717) is 0 Å². The fourth-order valence-corrected chi connectivity index (χ4v) is 2.60. The van der Waals surface area contributed by atoms with Crippen molar-refractivity contribution in [1.82, 2.24) is 15.5 Å². The number of nitrogens with zero attached hydrogens (tertiary/aromatic N) is 1. The summed E-state index contributed by atoms with van der Waals surface area (Å²) in [6, 6.07) is -0.597. The fraction of sp³-hybridized carbons (Fsp3) is 0.917. The van der Waals surface area contributed by atoms with E-state index in [2.05, 4.69) is 22.5 Å². The molecule has 1 amide bonds. The summed E-state index contributed by atoms with van der Waals surface area (Å²) < 4.78 is 26.0. The van der Waals surface area contributed by atoms with Crippen LogP contribution in [-0.2, 0) is 4.79 Å². The minimum absolute atomic E-state index is 0. The van der Waals surface area contributed by atoms with E-state index in [1.165, 1.54) is 0 Å². The normalized spacial score (nSPS) is 26.4. The lowest BCUT2D eigenvalue weighted by molar-refractivity contribution is -0.124. The van der Waals surface area contributed by atoms with Gasteiger partial charge in [0, 0.05) is 25.6 Å². The number of piperidine rings is 1. The Morgan fingerprint density at radius 2 is 1.95 bits per heavy atom. The molecule has 0 spiro atoms. The lowest BCUT2D eigenvalue weighted by Gasteiger charge is -2.32. The minimum atomic E-state index is -2.74. The molecule has 2 saturated heterocycles. The van der Waals surface area contributed by atoms with Gasteiger partial charge in [-0.1, -0.05) is 6.92 Å². The topological polar surface area (TPSA) is 44.4 Å². The predicted octanol–water partition coefficient (Wildman–Crippen LogP) is 1.43. The van der Waals surface area contributed by atoms with Crippen LogP contribution in [0.1, 0.15) is 26.2 Å². The van der Waals surface area contributed by atoms with Crippen LogP contribution in [0.25, 0.3) is 0 Å². The summed E-state index contributed by atoms with van der Waals surface area (Å²) in [5.74, 6) is -3.02. The molecular formula is C12H23Cl2F2N3O. The number of rotatable bonds is 3. The van der Waals surface area contributed by atoms with Crippen LogP contribution in [-0.4, -0.2) is 55.0 Å². The first kappa shape index (κ1) is 19.8. The van der Waals surface area contributed by atoms with Crippen molar-refractivity contribution in [3.05, 3.63) is 0 Å². The molecule has 1 atom stereocenters. The van der Waals surface area contributed by atoms with Gasteiger partial charge in [-0.05, 0) is 19.4 Å². The summed E-state index contributed by atoms with van der Waals surface area (Å²) in [6.07, 6.45) is 1.43. The van der Waals surface area contributed by atoms with Crippen LogP contribution in [0.4, 0.5) is 8.78 Å². The third kappa shape index (κ3) is 5.31. The molecule has 2 rings (SSSR count). The lowest BCUT2D eigenvalue weighted by Crippen LogP contribution is -2.49. The summed E-state index contributed by atoms with van der Waals surface area (Å²) in [6.45, 7) is 4.69.